The van der Waals surface area contributed by atoms with Gasteiger partial charge in [0.15, 0.2) is 6.10 Å². The zero-order valence-electron chi connectivity index (χ0n) is 13.5. The standard InChI is InChI=1S/C20H19BrO3/c1-13(19(22)15-8-10-18(21)11-9-15)24-20(23)17-7-6-14-4-2-3-5-16(14)12-17/h6-13H,2-5H2,1H3/t13-/m1/s1. The molecule has 4 heteroatoms. The van der Waals surface area contributed by atoms with Crippen LogP contribution in [0.15, 0.2) is 46.9 Å². The molecule has 0 saturated heterocycles. The molecule has 0 aromatic heterocycles. The van der Waals surface area contributed by atoms with Gasteiger partial charge in [-0.2, -0.15) is 0 Å². The molecule has 0 fully saturated rings. The molecule has 24 heavy (non-hydrogen) atoms. The number of carbonyl (C=O) groups is 2. The van der Waals surface area contributed by atoms with E-state index in [2.05, 4.69) is 15.9 Å². The Labute approximate surface area is 150 Å². The molecule has 2 aromatic carbocycles. The van der Waals surface area contributed by atoms with E-state index in [1.165, 1.54) is 17.5 Å². The quantitative estimate of drug-likeness (QED) is 0.562. The Bertz CT molecular complexity index is 765. The summed E-state index contributed by atoms with van der Waals surface area (Å²) in [5, 5.41) is 0. The highest BCUT2D eigenvalue weighted by Gasteiger charge is 2.21. The number of aryl methyl sites for hydroxylation is 2. The second kappa shape index (κ2) is 7.31. The highest BCUT2D eigenvalue weighted by atomic mass is 79.9. The summed E-state index contributed by atoms with van der Waals surface area (Å²) in [7, 11) is 0. The zero-order chi connectivity index (χ0) is 17.1. The molecule has 0 unspecified atom stereocenters. The number of Topliss-reactive ketones (excluding diaryl/α,β-unsaturated/α-hetero) is 1. The Morgan fingerprint density at radius 2 is 1.58 bits per heavy atom. The van der Waals surface area contributed by atoms with Crippen molar-refractivity contribution in [2.75, 3.05) is 0 Å². The lowest BCUT2D eigenvalue weighted by Gasteiger charge is -2.17. The maximum Gasteiger partial charge on any atom is 0.338 e. The summed E-state index contributed by atoms with van der Waals surface area (Å²) >= 11 is 3.34. The Balaban J connectivity index is 1.69. The van der Waals surface area contributed by atoms with Gasteiger partial charge in [0.2, 0.25) is 5.78 Å². The van der Waals surface area contributed by atoms with Gasteiger partial charge in [0.05, 0.1) is 5.56 Å². The van der Waals surface area contributed by atoms with E-state index >= 15 is 0 Å². The molecule has 3 nitrogen and oxygen atoms in total. The van der Waals surface area contributed by atoms with Gasteiger partial charge in [0.25, 0.3) is 0 Å². The largest absolute Gasteiger partial charge is 0.451 e. The number of halogens is 1. The fourth-order valence-corrected chi connectivity index (χ4v) is 3.26. The summed E-state index contributed by atoms with van der Waals surface area (Å²) in [6.45, 7) is 1.61. The molecule has 3 rings (SSSR count). The lowest BCUT2D eigenvalue weighted by atomic mass is 9.90. The number of ketones is 1. The van der Waals surface area contributed by atoms with Crippen LogP contribution in [0.5, 0.6) is 0 Å². The van der Waals surface area contributed by atoms with Gasteiger partial charge in [-0.15, -0.1) is 0 Å². The van der Waals surface area contributed by atoms with E-state index < -0.39 is 12.1 Å². The fraction of sp³-hybridized carbons (Fsp3) is 0.300. The topological polar surface area (TPSA) is 43.4 Å². The first-order valence-electron chi connectivity index (χ1n) is 8.17. The van der Waals surface area contributed by atoms with Gasteiger partial charge >= 0.3 is 5.97 Å². The number of hydrogen-bond acceptors (Lipinski definition) is 3. The smallest absolute Gasteiger partial charge is 0.338 e. The third-order valence-corrected chi connectivity index (χ3v) is 4.89. The van der Waals surface area contributed by atoms with E-state index in [1.807, 2.05) is 12.1 Å². The molecular formula is C20H19BrO3. The van der Waals surface area contributed by atoms with E-state index in [-0.39, 0.29) is 5.78 Å². The summed E-state index contributed by atoms with van der Waals surface area (Å²) in [6.07, 6.45) is 3.63. The normalized spacial score (nSPS) is 14.6. The monoisotopic (exact) mass is 386 g/mol. The molecule has 2 aromatic rings. The summed E-state index contributed by atoms with van der Waals surface area (Å²) in [6, 6.07) is 12.7. The van der Waals surface area contributed by atoms with E-state index in [9.17, 15) is 9.59 Å². The lowest BCUT2D eigenvalue weighted by molar-refractivity contribution is 0.0318. The number of fused-ring (bicyclic) bond motifs is 1. The molecule has 1 aliphatic carbocycles. The second-order valence-electron chi connectivity index (χ2n) is 6.11. The van der Waals surface area contributed by atoms with Crippen LogP contribution in [0.3, 0.4) is 0 Å². The summed E-state index contributed by atoms with van der Waals surface area (Å²) in [4.78, 5) is 24.7. The van der Waals surface area contributed by atoms with Crippen LogP contribution in [0.4, 0.5) is 0 Å². The summed E-state index contributed by atoms with van der Waals surface area (Å²) in [5.41, 5.74) is 3.59. The maximum atomic E-state index is 12.4. The molecule has 1 atom stereocenters. The predicted molar refractivity (Wildman–Crippen MR) is 96.4 cm³/mol. The molecule has 0 N–H and O–H groups in total. The fourth-order valence-electron chi connectivity index (χ4n) is 2.99. The van der Waals surface area contributed by atoms with Crippen LogP contribution in [-0.2, 0) is 17.6 Å². The average molecular weight is 387 g/mol. The van der Waals surface area contributed by atoms with Gasteiger partial charge < -0.3 is 4.74 Å². The van der Waals surface area contributed by atoms with Gasteiger partial charge in [0, 0.05) is 10.0 Å². The molecule has 0 saturated carbocycles. The van der Waals surface area contributed by atoms with Crippen LogP contribution in [0, 0.1) is 0 Å². The molecule has 0 aliphatic heterocycles. The average Bonchev–Trinajstić information content (AvgIpc) is 2.61. The Hall–Kier alpha value is -1.94. The number of ether oxygens (including phenoxy) is 1. The number of benzene rings is 2. The molecule has 0 bridgehead atoms. The molecule has 0 radical (unpaired) electrons. The van der Waals surface area contributed by atoms with Crippen LogP contribution in [0.2, 0.25) is 0 Å². The van der Waals surface area contributed by atoms with Crippen molar-refractivity contribution < 1.29 is 14.3 Å². The minimum atomic E-state index is -0.810. The van der Waals surface area contributed by atoms with Crippen LogP contribution in [0.1, 0.15) is 51.6 Å². The predicted octanol–water partition coefficient (Wildman–Crippen LogP) is 4.76. The maximum absolute atomic E-state index is 12.4. The van der Waals surface area contributed by atoms with Crippen LogP contribution < -0.4 is 0 Å². The third-order valence-electron chi connectivity index (χ3n) is 4.37. The Morgan fingerprint density at radius 1 is 0.958 bits per heavy atom. The first-order chi connectivity index (χ1) is 11.5. The van der Waals surface area contributed by atoms with Gasteiger partial charge in [0.1, 0.15) is 0 Å². The van der Waals surface area contributed by atoms with Crippen LogP contribution in [-0.4, -0.2) is 17.9 Å². The van der Waals surface area contributed by atoms with Gasteiger partial charge in [-0.1, -0.05) is 34.1 Å². The van der Waals surface area contributed by atoms with Crippen LogP contribution >= 0.6 is 15.9 Å². The third kappa shape index (κ3) is 3.75. The minimum Gasteiger partial charge on any atom is -0.451 e. The Kier molecular flexibility index (Phi) is 5.14. The first kappa shape index (κ1) is 16.9. The van der Waals surface area contributed by atoms with Crippen molar-refractivity contribution in [2.24, 2.45) is 0 Å². The van der Waals surface area contributed by atoms with Crippen molar-refractivity contribution in [3.05, 3.63) is 69.2 Å². The lowest BCUT2D eigenvalue weighted by Crippen LogP contribution is -2.24. The van der Waals surface area contributed by atoms with Gasteiger partial charge in [-0.25, -0.2) is 4.79 Å². The zero-order valence-corrected chi connectivity index (χ0v) is 15.1. The van der Waals surface area contributed by atoms with Gasteiger partial charge in [-0.3, -0.25) is 4.79 Å². The molecule has 0 heterocycles. The van der Waals surface area contributed by atoms with E-state index in [4.69, 9.17) is 4.74 Å². The van der Waals surface area contributed by atoms with Crippen molar-refractivity contribution >= 4 is 27.7 Å². The van der Waals surface area contributed by atoms with Crippen LogP contribution in [0.25, 0.3) is 0 Å². The van der Waals surface area contributed by atoms with Crippen molar-refractivity contribution in [2.45, 2.75) is 38.7 Å². The number of hydrogen-bond donors (Lipinski definition) is 0. The van der Waals surface area contributed by atoms with E-state index in [0.717, 1.165) is 23.7 Å². The van der Waals surface area contributed by atoms with Gasteiger partial charge in [-0.05, 0) is 68.0 Å². The summed E-state index contributed by atoms with van der Waals surface area (Å²) in [5.74, 6) is -0.643. The molecule has 0 amide bonds. The number of esters is 1. The SMILES string of the molecule is C[C@@H](OC(=O)c1ccc2c(c1)CCCC2)C(=O)c1ccc(Br)cc1. The second-order valence-corrected chi connectivity index (χ2v) is 7.02. The first-order valence-corrected chi connectivity index (χ1v) is 8.96. The minimum absolute atomic E-state index is 0.200. The highest BCUT2D eigenvalue weighted by molar-refractivity contribution is 9.10. The molecule has 124 valence electrons. The molecular weight excluding hydrogens is 368 g/mol. The van der Waals surface area contributed by atoms with Crippen molar-refractivity contribution in [3.8, 4) is 0 Å². The van der Waals surface area contributed by atoms with Crippen molar-refractivity contribution in [1.29, 1.82) is 0 Å². The van der Waals surface area contributed by atoms with E-state index in [0.29, 0.717) is 11.1 Å². The molecule has 0 spiro atoms. The summed E-state index contributed by atoms with van der Waals surface area (Å²) < 4.78 is 6.27. The number of rotatable bonds is 4. The van der Waals surface area contributed by atoms with Crippen molar-refractivity contribution in [3.63, 3.8) is 0 Å². The van der Waals surface area contributed by atoms with Crippen molar-refractivity contribution in [1.82, 2.24) is 0 Å². The molecule has 1 aliphatic rings. The number of carbonyl (C=O) groups excluding carboxylic acids is 2. The highest BCUT2D eigenvalue weighted by Crippen LogP contribution is 2.23. The Morgan fingerprint density at radius 3 is 2.29 bits per heavy atom. The van der Waals surface area contributed by atoms with E-state index in [1.54, 1.807) is 37.3 Å².